The van der Waals surface area contributed by atoms with Crippen molar-refractivity contribution in [1.82, 2.24) is 5.32 Å². The number of aliphatic hydroxyl groups excluding tert-OH is 1. The first-order valence-electron chi connectivity index (χ1n) is 6.77. The molecular formula is C15H21F2NO2. The van der Waals surface area contributed by atoms with Gasteiger partial charge < -0.3 is 10.4 Å². The first kappa shape index (κ1) is 16.6. The van der Waals surface area contributed by atoms with Gasteiger partial charge in [0, 0.05) is 13.0 Å². The lowest BCUT2D eigenvalue weighted by Crippen LogP contribution is -2.32. The molecule has 0 fully saturated rings. The van der Waals surface area contributed by atoms with E-state index < -0.39 is 17.7 Å². The van der Waals surface area contributed by atoms with Gasteiger partial charge in [-0.2, -0.15) is 0 Å². The van der Waals surface area contributed by atoms with Gasteiger partial charge in [0.25, 0.3) is 0 Å². The molecule has 112 valence electrons. The van der Waals surface area contributed by atoms with Gasteiger partial charge in [-0.05, 0) is 30.4 Å². The molecule has 0 bridgehead atoms. The lowest BCUT2D eigenvalue weighted by atomic mass is 10.1. The van der Waals surface area contributed by atoms with Crippen LogP contribution in [0.25, 0.3) is 0 Å². The Bertz CT molecular complexity index is 449. The van der Waals surface area contributed by atoms with Crippen LogP contribution < -0.4 is 5.32 Å². The Kier molecular flexibility index (Phi) is 6.58. The Balaban J connectivity index is 2.35. The van der Waals surface area contributed by atoms with Gasteiger partial charge in [-0.1, -0.05) is 26.0 Å². The highest BCUT2D eigenvalue weighted by Crippen LogP contribution is 2.13. The van der Waals surface area contributed by atoms with E-state index in [2.05, 4.69) is 5.32 Å². The van der Waals surface area contributed by atoms with Crippen LogP contribution in [-0.4, -0.2) is 23.7 Å². The van der Waals surface area contributed by atoms with E-state index in [4.69, 9.17) is 0 Å². The molecule has 0 saturated carbocycles. The molecule has 2 N–H and O–H groups in total. The van der Waals surface area contributed by atoms with Crippen LogP contribution in [-0.2, 0) is 11.2 Å². The van der Waals surface area contributed by atoms with Gasteiger partial charge in [0.15, 0.2) is 11.6 Å². The molecule has 3 nitrogen and oxygen atoms in total. The molecule has 1 atom stereocenters. The van der Waals surface area contributed by atoms with Crippen molar-refractivity contribution in [1.29, 1.82) is 0 Å². The van der Waals surface area contributed by atoms with Crippen molar-refractivity contribution in [2.24, 2.45) is 5.92 Å². The number of rotatable bonds is 7. The Hall–Kier alpha value is -1.49. The molecule has 1 amide bonds. The first-order valence-corrected chi connectivity index (χ1v) is 6.77. The van der Waals surface area contributed by atoms with Crippen molar-refractivity contribution in [3.63, 3.8) is 0 Å². The van der Waals surface area contributed by atoms with Gasteiger partial charge in [-0.15, -0.1) is 0 Å². The Morgan fingerprint density at radius 2 is 2.05 bits per heavy atom. The topological polar surface area (TPSA) is 49.3 Å². The van der Waals surface area contributed by atoms with Crippen molar-refractivity contribution < 1.29 is 18.7 Å². The van der Waals surface area contributed by atoms with Crippen LogP contribution in [0.1, 0.15) is 32.3 Å². The predicted molar refractivity (Wildman–Crippen MR) is 73.2 cm³/mol. The number of hydrogen-bond acceptors (Lipinski definition) is 2. The minimum atomic E-state index is -0.907. The summed E-state index contributed by atoms with van der Waals surface area (Å²) in [7, 11) is 0. The summed E-state index contributed by atoms with van der Waals surface area (Å²) in [6, 6.07) is 3.92. The van der Waals surface area contributed by atoms with E-state index >= 15 is 0 Å². The summed E-state index contributed by atoms with van der Waals surface area (Å²) in [4.78, 5) is 11.6. The van der Waals surface area contributed by atoms with Crippen LogP contribution in [0, 0.1) is 17.6 Å². The van der Waals surface area contributed by atoms with Crippen LogP contribution in [0.4, 0.5) is 8.78 Å². The molecule has 0 aromatic heterocycles. The molecule has 0 saturated heterocycles. The lowest BCUT2D eigenvalue weighted by molar-refractivity contribution is -0.121. The van der Waals surface area contributed by atoms with Crippen LogP contribution in [0.3, 0.4) is 0 Å². The van der Waals surface area contributed by atoms with Gasteiger partial charge in [-0.25, -0.2) is 8.78 Å². The normalized spacial score (nSPS) is 12.5. The number of aliphatic hydroxyl groups is 1. The highest BCUT2D eigenvalue weighted by atomic mass is 19.2. The number of carbonyl (C=O) groups excluding carboxylic acids is 1. The fraction of sp³-hybridized carbons (Fsp3) is 0.533. The zero-order valence-electron chi connectivity index (χ0n) is 11.8. The standard InChI is InChI=1S/C15H21F2NO2/c1-10(2)8-12(19)9-18-14(20)7-6-11-4-3-5-13(16)15(11)17/h3-5,10,12,19H,6-9H2,1-2H3,(H,18,20). The zero-order valence-corrected chi connectivity index (χ0v) is 11.8. The second kappa shape index (κ2) is 7.94. The summed E-state index contributed by atoms with van der Waals surface area (Å²) >= 11 is 0. The quantitative estimate of drug-likeness (QED) is 0.808. The molecule has 20 heavy (non-hydrogen) atoms. The highest BCUT2D eigenvalue weighted by molar-refractivity contribution is 5.76. The van der Waals surface area contributed by atoms with E-state index in [0.717, 1.165) is 6.07 Å². The number of nitrogens with one attached hydrogen (secondary N) is 1. The van der Waals surface area contributed by atoms with E-state index in [0.29, 0.717) is 12.3 Å². The Labute approximate surface area is 118 Å². The van der Waals surface area contributed by atoms with Crippen LogP contribution in [0.5, 0.6) is 0 Å². The maximum absolute atomic E-state index is 13.4. The fourth-order valence-corrected chi connectivity index (χ4v) is 1.94. The number of aryl methyl sites for hydroxylation is 1. The molecule has 0 aliphatic heterocycles. The summed E-state index contributed by atoms with van der Waals surface area (Å²) in [5.74, 6) is -1.74. The summed E-state index contributed by atoms with van der Waals surface area (Å²) in [6.45, 7) is 4.15. The number of carbonyl (C=O) groups is 1. The van der Waals surface area contributed by atoms with Gasteiger partial charge in [0.2, 0.25) is 5.91 Å². The summed E-state index contributed by atoms with van der Waals surface area (Å²) in [6.07, 6.45) is 0.230. The van der Waals surface area contributed by atoms with Gasteiger partial charge >= 0.3 is 0 Å². The second-order valence-electron chi connectivity index (χ2n) is 5.30. The number of benzene rings is 1. The molecule has 1 rings (SSSR count). The SMILES string of the molecule is CC(C)CC(O)CNC(=O)CCc1cccc(F)c1F. The third-order valence-corrected chi connectivity index (χ3v) is 2.93. The molecule has 5 heteroatoms. The van der Waals surface area contributed by atoms with E-state index in [-0.39, 0.29) is 30.9 Å². The number of amides is 1. The van der Waals surface area contributed by atoms with E-state index in [1.54, 1.807) is 0 Å². The zero-order chi connectivity index (χ0) is 15.1. The maximum atomic E-state index is 13.4. The first-order chi connectivity index (χ1) is 9.40. The van der Waals surface area contributed by atoms with Gasteiger partial charge in [0.1, 0.15) is 0 Å². The van der Waals surface area contributed by atoms with Gasteiger partial charge in [-0.3, -0.25) is 4.79 Å². The highest BCUT2D eigenvalue weighted by Gasteiger charge is 2.11. The van der Waals surface area contributed by atoms with Crippen molar-refractivity contribution in [3.05, 3.63) is 35.4 Å². The predicted octanol–water partition coefficient (Wildman–Crippen LogP) is 2.42. The molecule has 0 spiro atoms. The summed E-state index contributed by atoms with van der Waals surface area (Å²) < 4.78 is 26.3. The van der Waals surface area contributed by atoms with Crippen molar-refractivity contribution in [3.8, 4) is 0 Å². The molecule has 1 aromatic rings. The molecule has 1 unspecified atom stereocenters. The van der Waals surface area contributed by atoms with Crippen LogP contribution in [0.15, 0.2) is 18.2 Å². The van der Waals surface area contributed by atoms with E-state index in [1.807, 2.05) is 13.8 Å². The summed E-state index contributed by atoms with van der Waals surface area (Å²) in [5.41, 5.74) is 0.183. The van der Waals surface area contributed by atoms with Crippen LogP contribution in [0.2, 0.25) is 0 Å². The molecule has 0 aliphatic carbocycles. The third-order valence-electron chi connectivity index (χ3n) is 2.93. The largest absolute Gasteiger partial charge is 0.391 e. The van der Waals surface area contributed by atoms with Crippen molar-refractivity contribution in [2.45, 2.75) is 39.2 Å². The van der Waals surface area contributed by atoms with Crippen molar-refractivity contribution in [2.75, 3.05) is 6.54 Å². The summed E-state index contributed by atoms with van der Waals surface area (Å²) in [5, 5.41) is 12.2. The second-order valence-corrected chi connectivity index (χ2v) is 5.30. The number of halogens is 2. The average molecular weight is 285 g/mol. The molecule has 1 aromatic carbocycles. The molecule has 0 aliphatic rings. The monoisotopic (exact) mass is 285 g/mol. The van der Waals surface area contributed by atoms with Gasteiger partial charge in [0.05, 0.1) is 6.10 Å². The number of hydrogen-bond donors (Lipinski definition) is 2. The molecule has 0 heterocycles. The Morgan fingerprint density at radius 3 is 2.70 bits per heavy atom. The molecular weight excluding hydrogens is 264 g/mol. The van der Waals surface area contributed by atoms with E-state index in [9.17, 15) is 18.7 Å². The van der Waals surface area contributed by atoms with Crippen LogP contribution >= 0.6 is 0 Å². The fourth-order valence-electron chi connectivity index (χ4n) is 1.94. The minimum absolute atomic E-state index is 0.0643. The molecule has 0 radical (unpaired) electrons. The lowest BCUT2D eigenvalue weighted by Gasteiger charge is -2.13. The van der Waals surface area contributed by atoms with Crippen molar-refractivity contribution >= 4 is 5.91 Å². The Morgan fingerprint density at radius 1 is 1.35 bits per heavy atom. The minimum Gasteiger partial charge on any atom is -0.391 e. The smallest absolute Gasteiger partial charge is 0.220 e. The van der Waals surface area contributed by atoms with E-state index in [1.165, 1.54) is 12.1 Å². The maximum Gasteiger partial charge on any atom is 0.220 e. The third kappa shape index (κ3) is 5.65. The average Bonchev–Trinajstić information content (AvgIpc) is 2.37.